The molecule has 0 aromatic heterocycles. The third-order valence-electron chi connectivity index (χ3n) is 5.00. The Hall–Kier alpha value is -2.89. The molecular formula is C24H19Cl2FN2O2. The van der Waals surface area contributed by atoms with E-state index in [9.17, 15) is 9.18 Å². The summed E-state index contributed by atoms with van der Waals surface area (Å²) in [5, 5.41) is 5.32. The number of benzene rings is 3. The highest BCUT2D eigenvalue weighted by Crippen LogP contribution is 2.24. The van der Waals surface area contributed by atoms with Gasteiger partial charge in [-0.25, -0.2) is 4.39 Å². The molecule has 31 heavy (non-hydrogen) atoms. The first kappa shape index (κ1) is 21.3. The van der Waals surface area contributed by atoms with Gasteiger partial charge < -0.3 is 9.74 Å². The molecule has 1 aliphatic rings. The average molecular weight is 457 g/mol. The van der Waals surface area contributed by atoms with Gasteiger partial charge in [-0.2, -0.15) is 0 Å². The molecule has 0 aliphatic carbocycles. The summed E-state index contributed by atoms with van der Waals surface area (Å²) in [5.41, 5.74) is 2.36. The topological polar surface area (TPSA) is 41.9 Å². The molecule has 0 N–H and O–H groups in total. The van der Waals surface area contributed by atoms with E-state index in [1.807, 2.05) is 30.3 Å². The monoisotopic (exact) mass is 456 g/mol. The van der Waals surface area contributed by atoms with Gasteiger partial charge in [-0.15, -0.1) is 0 Å². The van der Waals surface area contributed by atoms with Crippen molar-refractivity contribution in [3.05, 3.63) is 105 Å². The maximum Gasteiger partial charge on any atom is 0.257 e. The normalized spacial score (nSPS) is 15.3. The fraction of sp³-hybridized carbons (Fsp3) is 0.167. The quantitative estimate of drug-likeness (QED) is 0.458. The minimum atomic E-state index is -0.566. The number of nitrogens with zero attached hydrogens (tertiary/aromatic N) is 2. The molecule has 1 heterocycles. The number of hydrogen-bond donors (Lipinski definition) is 0. The van der Waals surface area contributed by atoms with Crippen LogP contribution in [0.1, 0.15) is 27.9 Å². The first-order valence-corrected chi connectivity index (χ1v) is 10.5. The predicted molar refractivity (Wildman–Crippen MR) is 120 cm³/mol. The lowest BCUT2D eigenvalue weighted by molar-refractivity contribution is 0.0402. The molecule has 7 heteroatoms. The zero-order chi connectivity index (χ0) is 21.8. The van der Waals surface area contributed by atoms with E-state index in [-0.39, 0.29) is 24.8 Å². The molecule has 1 aliphatic heterocycles. The van der Waals surface area contributed by atoms with Crippen LogP contribution in [0.5, 0.6) is 0 Å². The van der Waals surface area contributed by atoms with Crippen molar-refractivity contribution in [2.75, 3.05) is 6.54 Å². The Kier molecular flexibility index (Phi) is 6.54. The first-order chi connectivity index (χ1) is 15.0. The van der Waals surface area contributed by atoms with Crippen molar-refractivity contribution in [1.29, 1.82) is 0 Å². The second kappa shape index (κ2) is 9.50. The van der Waals surface area contributed by atoms with Crippen LogP contribution in [-0.2, 0) is 11.4 Å². The number of carbonyl (C=O) groups excluding carboxylic acids is 1. The van der Waals surface area contributed by atoms with Crippen molar-refractivity contribution in [1.82, 2.24) is 4.90 Å². The van der Waals surface area contributed by atoms with E-state index >= 15 is 0 Å². The van der Waals surface area contributed by atoms with Gasteiger partial charge in [-0.1, -0.05) is 70.8 Å². The lowest BCUT2D eigenvalue weighted by atomic mass is 10.0. The Morgan fingerprint density at radius 1 is 1.06 bits per heavy atom. The molecule has 1 amide bonds. The molecule has 4 rings (SSSR count). The number of carbonyl (C=O) groups is 1. The summed E-state index contributed by atoms with van der Waals surface area (Å²) >= 11 is 12.4. The van der Waals surface area contributed by atoms with Gasteiger partial charge in [0.2, 0.25) is 0 Å². The van der Waals surface area contributed by atoms with E-state index in [1.165, 1.54) is 12.1 Å². The van der Waals surface area contributed by atoms with E-state index in [2.05, 4.69) is 5.16 Å². The van der Waals surface area contributed by atoms with Crippen LogP contribution in [0.4, 0.5) is 4.39 Å². The minimum absolute atomic E-state index is 0.00905. The second-order valence-electron chi connectivity index (χ2n) is 7.24. The Balaban J connectivity index is 1.54. The zero-order valence-electron chi connectivity index (χ0n) is 16.5. The van der Waals surface area contributed by atoms with Gasteiger partial charge in [-0.05, 0) is 35.9 Å². The zero-order valence-corrected chi connectivity index (χ0v) is 18.0. The standard InChI is InChI=1S/C24H19Cl2FN2O2/c25-17-7-5-6-16(12-17)14-29(24(30)20-9-2-4-11-22(20)27)15-18-13-23(28-31-18)19-8-1-3-10-21(19)26/h1-12,18H,13-15H2. The van der Waals surface area contributed by atoms with Crippen LogP contribution < -0.4 is 0 Å². The van der Waals surface area contributed by atoms with Crippen LogP contribution in [0.15, 0.2) is 78.0 Å². The summed E-state index contributed by atoms with van der Waals surface area (Å²) in [6.45, 7) is 0.492. The largest absolute Gasteiger partial charge is 0.390 e. The van der Waals surface area contributed by atoms with Crippen LogP contribution >= 0.6 is 23.2 Å². The second-order valence-corrected chi connectivity index (χ2v) is 8.09. The van der Waals surface area contributed by atoms with Gasteiger partial charge in [0.05, 0.1) is 17.8 Å². The van der Waals surface area contributed by atoms with Crippen LogP contribution in [0.2, 0.25) is 10.0 Å². The molecule has 0 bridgehead atoms. The smallest absolute Gasteiger partial charge is 0.257 e. The van der Waals surface area contributed by atoms with Gasteiger partial charge in [0.15, 0.2) is 6.10 Å². The number of halogens is 3. The third kappa shape index (κ3) is 5.06. The van der Waals surface area contributed by atoms with Crippen LogP contribution in [-0.4, -0.2) is 29.2 Å². The van der Waals surface area contributed by atoms with Crippen molar-refractivity contribution in [3.63, 3.8) is 0 Å². The van der Waals surface area contributed by atoms with Crippen molar-refractivity contribution >= 4 is 34.8 Å². The number of oxime groups is 1. The molecule has 3 aromatic rings. The van der Waals surface area contributed by atoms with Crippen LogP contribution in [0.25, 0.3) is 0 Å². The maximum atomic E-state index is 14.3. The fourth-order valence-electron chi connectivity index (χ4n) is 3.51. The van der Waals surface area contributed by atoms with E-state index in [0.717, 1.165) is 16.8 Å². The summed E-state index contributed by atoms with van der Waals surface area (Å²) in [7, 11) is 0. The highest BCUT2D eigenvalue weighted by molar-refractivity contribution is 6.34. The highest BCUT2D eigenvalue weighted by Gasteiger charge is 2.29. The lowest BCUT2D eigenvalue weighted by Gasteiger charge is -2.25. The van der Waals surface area contributed by atoms with Gasteiger partial charge in [0.25, 0.3) is 5.91 Å². The van der Waals surface area contributed by atoms with Crippen molar-refractivity contribution in [3.8, 4) is 0 Å². The molecule has 0 radical (unpaired) electrons. The summed E-state index contributed by atoms with van der Waals surface area (Å²) in [6.07, 6.45) is 0.113. The number of amides is 1. The van der Waals surface area contributed by atoms with Gasteiger partial charge in [-0.3, -0.25) is 4.79 Å². The molecule has 1 atom stereocenters. The molecule has 3 aromatic carbocycles. The Bertz CT molecular complexity index is 1140. The molecule has 158 valence electrons. The summed E-state index contributed by atoms with van der Waals surface area (Å²) in [6, 6.07) is 20.6. The Labute approximate surface area is 189 Å². The number of rotatable bonds is 6. The molecule has 0 saturated heterocycles. The summed E-state index contributed by atoms with van der Waals surface area (Å²) in [5.74, 6) is -0.989. The van der Waals surface area contributed by atoms with E-state index in [0.29, 0.717) is 16.5 Å². The fourth-order valence-corrected chi connectivity index (χ4v) is 3.96. The van der Waals surface area contributed by atoms with Gasteiger partial charge in [0.1, 0.15) is 5.82 Å². The van der Waals surface area contributed by atoms with Gasteiger partial charge in [0, 0.05) is 28.6 Å². The van der Waals surface area contributed by atoms with Gasteiger partial charge >= 0.3 is 0 Å². The third-order valence-corrected chi connectivity index (χ3v) is 5.56. The first-order valence-electron chi connectivity index (χ1n) is 9.77. The SMILES string of the molecule is O=C(c1ccccc1F)N(Cc1cccc(Cl)c1)CC1CC(c2ccccc2Cl)=NO1. The molecule has 4 nitrogen and oxygen atoms in total. The van der Waals surface area contributed by atoms with E-state index < -0.39 is 11.7 Å². The number of hydrogen-bond acceptors (Lipinski definition) is 3. The van der Waals surface area contributed by atoms with Crippen molar-refractivity contribution in [2.24, 2.45) is 5.16 Å². The average Bonchev–Trinajstić information content (AvgIpc) is 3.22. The Morgan fingerprint density at radius 3 is 2.61 bits per heavy atom. The maximum absolute atomic E-state index is 14.3. The van der Waals surface area contributed by atoms with Crippen LogP contribution in [0.3, 0.4) is 0 Å². The molecular weight excluding hydrogens is 438 g/mol. The summed E-state index contributed by atoms with van der Waals surface area (Å²) < 4.78 is 14.3. The molecule has 0 spiro atoms. The lowest BCUT2D eigenvalue weighted by Crippen LogP contribution is -2.37. The van der Waals surface area contributed by atoms with Crippen molar-refractivity contribution in [2.45, 2.75) is 19.1 Å². The summed E-state index contributed by atoms with van der Waals surface area (Å²) in [4.78, 5) is 20.3. The van der Waals surface area contributed by atoms with E-state index in [1.54, 1.807) is 35.2 Å². The minimum Gasteiger partial charge on any atom is -0.390 e. The molecule has 0 saturated carbocycles. The highest BCUT2D eigenvalue weighted by atomic mass is 35.5. The van der Waals surface area contributed by atoms with Crippen molar-refractivity contribution < 1.29 is 14.0 Å². The van der Waals surface area contributed by atoms with Crippen LogP contribution in [0, 0.1) is 5.82 Å². The molecule has 1 unspecified atom stereocenters. The predicted octanol–water partition coefficient (Wildman–Crippen LogP) is 5.97. The van der Waals surface area contributed by atoms with E-state index in [4.69, 9.17) is 28.0 Å². The molecule has 0 fully saturated rings. The Morgan fingerprint density at radius 2 is 1.84 bits per heavy atom.